The Labute approximate surface area is 162 Å². The van der Waals surface area contributed by atoms with Crippen molar-refractivity contribution in [3.05, 3.63) is 24.3 Å². The molecule has 0 saturated heterocycles. The summed E-state index contributed by atoms with van der Waals surface area (Å²) in [6, 6.07) is -0.689. The Bertz CT molecular complexity index is 481. The summed E-state index contributed by atoms with van der Waals surface area (Å²) < 4.78 is 10.5. The van der Waals surface area contributed by atoms with Crippen molar-refractivity contribution >= 4 is 11.9 Å². The van der Waals surface area contributed by atoms with Gasteiger partial charge in [-0.3, -0.25) is 4.79 Å². The molecule has 0 aromatic carbocycles. The molecule has 0 bridgehead atoms. The lowest BCUT2D eigenvalue weighted by Gasteiger charge is -2.34. The molecule has 0 amide bonds. The van der Waals surface area contributed by atoms with Crippen LogP contribution in [0.15, 0.2) is 24.3 Å². The van der Waals surface area contributed by atoms with E-state index in [0.717, 1.165) is 12.8 Å². The van der Waals surface area contributed by atoms with Gasteiger partial charge in [0.1, 0.15) is 18.8 Å². The number of hydrogen-bond acceptors (Lipinski definition) is 6. The van der Waals surface area contributed by atoms with Gasteiger partial charge in [0.25, 0.3) is 0 Å². The van der Waals surface area contributed by atoms with Crippen molar-refractivity contribution in [2.45, 2.75) is 51.2 Å². The molecule has 7 heteroatoms. The second kappa shape index (κ2) is 14.4. The fraction of sp³-hybridized carbons (Fsp3) is 0.700. The van der Waals surface area contributed by atoms with Gasteiger partial charge in [-0.2, -0.15) is 0 Å². The highest BCUT2D eigenvalue weighted by Crippen LogP contribution is 2.07. The van der Waals surface area contributed by atoms with Gasteiger partial charge < -0.3 is 29.0 Å². The average molecular weight is 386 g/mol. The van der Waals surface area contributed by atoms with Crippen molar-refractivity contribution in [2.75, 3.05) is 41.0 Å². The highest BCUT2D eigenvalue weighted by molar-refractivity contribution is 5.70. The molecule has 7 nitrogen and oxygen atoms in total. The first-order valence-corrected chi connectivity index (χ1v) is 9.41. The minimum atomic E-state index is -1.13. The van der Waals surface area contributed by atoms with Crippen molar-refractivity contribution in [1.82, 2.24) is 0 Å². The number of aliphatic carboxylic acids is 1. The predicted octanol–water partition coefficient (Wildman–Crippen LogP) is 0.815. The van der Waals surface area contributed by atoms with Gasteiger partial charge in [-0.15, -0.1) is 0 Å². The number of carboxylic acid groups (broad SMARTS) is 1. The SMILES string of the molecule is CC/C=C/C/C=C/CCC(=O)OCC(O)COCCC(C(=O)[O-])[N+](C)(C)C. The zero-order chi connectivity index (χ0) is 20.7. The van der Waals surface area contributed by atoms with Crippen LogP contribution in [0, 0.1) is 0 Å². The maximum Gasteiger partial charge on any atom is 0.306 e. The molecule has 2 atom stereocenters. The first-order chi connectivity index (χ1) is 12.7. The van der Waals surface area contributed by atoms with Crippen LogP contribution in [0.1, 0.15) is 39.0 Å². The molecular formula is C20H35NO6. The summed E-state index contributed by atoms with van der Waals surface area (Å²) in [5.41, 5.74) is 0. The van der Waals surface area contributed by atoms with Gasteiger partial charge >= 0.3 is 5.97 Å². The standard InChI is InChI=1S/C20H35NO6/c1-5-6-7-8-9-10-11-12-19(23)27-16-17(22)15-26-14-13-18(20(24)25)21(2,3)4/h6-7,9-10,17-18,22H,5,8,11-16H2,1-4H3/b7-6+,10-9+. The van der Waals surface area contributed by atoms with Crippen LogP contribution >= 0.6 is 0 Å². The Hall–Kier alpha value is -1.70. The van der Waals surface area contributed by atoms with Gasteiger partial charge in [-0.25, -0.2) is 0 Å². The lowest BCUT2D eigenvalue weighted by molar-refractivity contribution is -0.889. The van der Waals surface area contributed by atoms with E-state index >= 15 is 0 Å². The van der Waals surface area contributed by atoms with Crippen molar-refractivity contribution in [2.24, 2.45) is 0 Å². The minimum Gasteiger partial charge on any atom is -0.544 e. The lowest BCUT2D eigenvalue weighted by Crippen LogP contribution is -2.55. The zero-order valence-corrected chi connectivity index (χ0v) is 17.1. The number of hydrogen-bond donors (Lipinski definition) is 1. The predicted molar refractivity (Wildman–Crippen MR) is 102 cm³/mol. The number of aliphatic hydroxyl groups excluding tert-OH is 1. The number of likely N-dealkylation sites (N-methyl/N-ethyl adjacent to an activating group) is 1. The van der Waals surface area contributed by atoms with E-state index in [9.17, 15) is 19.8 Å². The monoisotopic (exact) mass is 385 g/mol. The van der Waals surface area contributed by atoms with E-state index in [-0.39, 0.29) is 43.1 Å². The Kier molecular flexibility index (Phi) is 13.5. The van der Waals surface area contributed by atoms with Crippen LogP contribution in [0.3, 0.4) is 0 Å². The maximum absolute atomic E-state index is 11.6. The number of rotatable bonds is 15. The first kappa shape index (κ1) is 25.3. The third-order valence-electron chi connectivity index (χ3n) is 3.85. The third kappa shape index (κ3) is 14.1. The number of carbonyl (C=O) groups excluding carboxylic acids is 2. The highest BCUT2D eigenvalue weighted by Gasteiger charge is 2.24. The number of nitrogens with zero attached hydrogens (tertiary/aromatic N) is 1. The van der Waals surface area contributed by atoms with E-state index in [4.69, 9.17) is 9.47 Å². The molecular weight excluding hydrogens is 350 g/mol. The van der Waals surface area contributed by atoms with E-state index in [1.165, 1.54) is 0 Å². The average Bonchev–Trinajstić information content (AvgIpc) is 2.57. The number of carboxylic acids is 1. The molecule has 0 saturated carbocycles. The molecule has 0 heterocycles. The largest absolute Gasteiger partial charge is 0.544 e. The van der Waals surface area contributed by atoms with Crippen LogP contribution in [0.5, 0.6) is 0 Å². The van der Waals surface area contributed by atoms with Gasteiger partial charge in [-0.05, 0) is 19.3 Å². The third-order valence-corrected chi connectivity index (χ3v) is 3.85. The van der Waals surface area contributed by atoms with Crippen LogP contribution in [-0.4, -0.2) is 74.6 Å². The van der Waals surface area contributed by atoms with Crippen molar-refractivity contribution in [3.63, 3.8) is 0 Å². The van der Waals surface area contributed by atoms with Crippen molar-refractivity contribution in [1.29, 1.82) is 0 Å². The van der Waals surface area contributed by atoms with Crippen LogP contribution in [0.4, 0.5) is 0 Å². The number of ether oxygens (including phenoxy) is 2. The summed E-state index contributed by atoms with van der Waals surface area (Å²) in [5, 5.41) is 20.9. The van der Waals surface area contributed by atoms with Gasteiger partial charge in [0.05, 0.1) is 40.3 Å². The van der Waals surface area contributed by atoms with E-state index in [1.807, 2.05) is 12.2 Å². The number of allylic oxidation sites excluding steroid dienone is 4. The van der Waals surface area contributed by atoms with Crippen molar-refractivity contribution in [3.8, 4) is 0 Å². The van der Waals surface area contributed by atoms with Gasteiger partial charge in [0.15, 0.2) is 0 Å². The van der Waals surface area contributed by atoms with E-state index in [1.54, 1.807) is 21.1 Å². The number of aliphatic hydroxyl groups is 1. The second-order valence-electron chi connectivity index (χ2n) is 7.28. The summed E-state index contributed by atoms with van der Waals surface area (Å²) >= 11 is 0. The summed E-state index contributed by atoms with van der Waals surface area (Å²) in [5.74, 6) is -1.50. The maximum atomic E-state index is 11.6. The van der Waals surface area contributed by atoms with Crippen LogP contribution < -0.4 is 5.11 Å². The van der Waals surface area contributed by atoms with E-state index in [0.29, 0.717) is 6.42 Å². The highest BCUT2D eigenvalue weighted by atomic mass is 16.5. The summed E-state index contributed by atoms with van der Waals surface area (Å²) in [4.78, 5) is 22.7. The van der Waals surface area contributed by atoms with Crippen molar-refractivity contribution < 1.29 is 33.8 Å². The molecule has 1 N–H and O–H groups in total. The first-order valence-electron chi connectivity index (χ1n) is 9.41. The Morgan fingerprint density at radius 1 is 1.11 bits per heavy atom. The smallest absolute Gasteiger partial charge is 0.306 e. The molecule has 0 spiro atoms. The normalized spacial score (nSPS) is 14.6. The second-order valence-corrected chi connectivity index (χ2v) is 7.28. The number of quaternary nitrogens is 1. The summed E-state index contributed by atoms with van der Waals surface area (Å²) in [7, 11) is 5.31. The van der Waals surface area contributed by atoms with Gasteiger partial charge in [0, 0.05) is 12.8 Å². The Balaban J connectivity index is 3.84. The van der Waals surface area contributed by atoms with Gasteiger partial charge in [0.2, 0.25) is 0 Å². The molecule has 0 aliphatic heterocycles. The summed E-state index contributed by atoms with van der Waals surface area (Å²) in [6.07, 6.45) is 10.2. The molecule has 27 heavy (non-hydrogen) atoms. The Morgan fingerprint density at radius 2 is 1.78 bits per heavy atom. The molecule has 156 valence electrons. The quantitative estimate of drug-likeness (QED) is 0.194. The van der Waals surface area contributed by atoms with Crippen LogP contribution in [0.2, 0.25) is 0 Å². The molecule has 0 aliphatic carbocycles. The molecule has 0 aromatic rings. The lowest BCUT2D eigenvalue weighted by atomic mass is 10.1. The van der Waals surface area contributed by atoms with Crippen LogP contribution in [-0.2, 0) is 19.1 Å². The fourth-order valence-electron chi connectivity index (χ4n) is 2.30. The molecule has 0 aromatic heterocycles. The molecule has 0 rings (SSSR count). The zero-order valence-electron chi connectivity index (χ0n) is 17.1. The Morgan fingerprint density at radius 3 is 2.37 bits per heavy atom. The molecule has 0 aliphatic rings. The fourth-order valence-corrected chi connectivity index (χ4v) is 2.30. The number of esters is 1. The molecule has 2 unspecified atom stereocenters. The van der Waals surface area contributed by atoms with Crippen LogP contribution in [0.25, 0.3) is 0 Å². The topological polar surface area (TPSA) is 95.9 Å². The minimum absolute atomic E-state index is 0.0200. The van der Waals surface area contributed by atoms with E-state index < -0.39 is 18.1 Å². The van der Waals surface area contributed by atoms with E-state index in [2.05, 4.69) is 19.1 Å². The number of carbonyl (C=O) groups is 2. The summed E-state index contributed by atoms with van der Waals surface area (Å²) in [6.45, 7) is 2.09. The van der Waals surface area contributed by atoms with Gasteiger partial charge in [-0.1, -0.05) is 31.2 Å². The molecule has 0 radical (unpaired) electrons. The molecule has 0 fully saturated rings.